The number of primary amides is 1. The minimum Gasteiger partial charge on any atom is -0.365 e. The molecule has 0 spiro atoms. The number of thiophene rings is 1. The Bertz CT molecular complexity index is 785. The average Bonchev–Trinajstić information content (AvgIpc) is 2.86. The van der Waals surface area contributed by atoms with Crippen molar-refractivity contribution in [1.29, 1.82) is 0 Å². The number of carbonyl (C=O) groups excluding carboxylic acids is 1. The predicted octanol–water partition coefficient (Wildman–Crippen LogP) is 2.95. The number of carbonyl (C=O) groups is 1. The van der Waals surface area contributed by atoms with Crippen LogP contribution in [0.3, 0.4) is 0 Å². The molecule has 0 aliphatic carbocycles. The normalized spacial score (nSPS) is 12.1. The van der Waals surface area contributed by atoms with Gasteiger partial charge in [-0.3, -0.25) is 9.52 Å². The third-order valence-corrected chi connectivity index (χ3v) is 5.47. The Morgan fingerprint density at radius 3 is 2.23 bits per heavy atom. The molecule has 0 fully saturated rings. The largest absolute Gasteiger partial charge is 0.365 e. The molecule has 0 saturated carbocycles. The van der Waals surface area contributed by atoms with Gasteiger partial charge >= 0.3 is 0 Å². The number of anilines is 1. The van der Waals surface area contributed by atoms with E-state index in [1.54, 1.807) is 29.6 Å². The number of hydrogen-bond acceptors (Lipinski definition) is 4. The Hall–Kier alpha value is -1.86. The van der Waals surface area contributed by atoms with E-state index < -0.39 is 15.9 Å². The molecule has 22 heavy (non-hydrogen) atoms. The molecule has 2 rings (SSSR count). The van der Waals surface area contributed by atoms with Gasteiger partial charge in [0.25, 0.3) is 15.9 Å². The highest BCUT2D eigenvalue weighted by atomic mass is 32.2. The molecule has 3 N–H and O–H groups in total. The van der Waals surface area contributed by atoms with Gasteiger partial charge in [0.2, 0.25) is 0 Å². The summed E-state index contributed by atoms with van der Waals surface area (Å²) in [5, 5.41) is 1.54. The summed E-state index contributed by atoms with van der Waals surface area (Å²) < 4.78 is 27.1. The van der Waals surface area contributed by atoms with Crippen LogP contribution < -0.4 is 10.5 Å². The van der Waals surface area contributed by atoms with Gasteiger partial charge in [0, 0.05) is 5.38 Å². The Morgan fingerprint density at radius 2 is 1.77 bits per heavy atom. The zero-order valence-electron chi connectivity index (χ0n) is 12.6. The quantitative estimate of drug-likeness (QED) is 0.898. The smallest absolute Gasteiger partial charge is 0.261 e. The highest BCUT2D eigenvalue weighted by molar-refractivity contribution is 7.92. The fourth-order valence-electron chi connectivity index (χ4n) is 1.87. The Morgan fingerprint density at radius 1 is 1.18 bits per heavy atom. The number of hydrogen-bond donors (Lipinski definition) is 2. The standard InChI is InChI=1S/C15H18N2O3S2/c1-15(2,3)10-4-6-12(7-5-10)22(19,20)17-11-8-13(14(16)18)21-9-11/h4-9,17H,1-3H3,(H2,16,18). The van der Waals surface area contributed by atoms with Crippen LogP contribution in [0.5, 0.6) is 0 Å². The lowest BCUT2D eigenvalue weighted by Gasteiger charge is -2.19. The lowest BCUT2D eigenvalue weighted by molar-refractivity contribution is 0.100. The highest BCUT2D eigenvalue weighted by Gasteiger charge is 2.18. The van der Waals surface area contributed by atoms with E-state index >= 15 is 0 Å². The van der Waals surface area contributed by atoms with E-state index in [2.05, 4.69) is 25.5 Å². The summed E-state index contributed by atoms with van der Waals surface area (Å²) in [7, 11) is -3.68. The summed E-state index contributed by atoms with van der Waals surface area (Å²) in [5.41, 5.74) is 6.50. The Kier molecular flexibility index (Phi) is 4.30. The van der Waals surface area contributed by atoms with Crippen molar-refractivity contribution in [3.8, 4) is 0 Å². The van der Waals surface area contributed by atoms with Crippen molar-refractivity contribution in [2.24, 2.45) is 5.73 Å². The van der Waals surface area contributed by atoms with E-state index in [1.165, 1.54) is 6.07 Å². The number of nitrogens with one attached hydrogen (secondary N) is 1. The molecular weight excluding hydrogens is 320 g/mol. The molecule has 5 nitrogen and oxygen atoms in total. The maximum Gasteiger partial charge on any atom is 0.261 e. The molecule has 7 heteroatoms. The van der Waals surface area contributed by atoms with Crippen molar-refractivity contribution in [1.82, 2.24) is 0 Å². The van der Waals surface area contributed by atoms with Crippen LogP contribution in [-0.2, 0) is 15.4 Å². The lowest BCUT2D eigenvalue weighted by atomic mass is 9.87. The first-order valence-electron chi connectivity index (χ1n) is 6.61. The van der Waals surface area contributed by atoms with Gasteiger partial charge in [-0.2, -0.15) is 0 Å². The van der Waals surface area contributed by atoms with E-state index in [4.69, 9.17) is 5.73 Å². The van der Waals surface area contributed by atoms with E-state index in [1.807, 2.05) is 0 Å². The minimum atomic E-state index is -3.68. The Balaban J connectivity index is 2.24. The van der Waals surface area contributed by atoms with Crippen LogP contribution in [0.25, 0.3) is 0 Å². The second kappa shape index (κ2) is 5.73. The molecule has 0 unspecified atom stereocenters. The van der Waals surface area contributed by atoms with Crippen molar-refractivity contribution in [3.05, 3.63) is 46.2 Å². The Labute approximate surface area is 134 Å². The maximum atomic E-state index is 12.3. The third kappa shape index (κ3) is 3.66. The van der Waals surface area contributed by atoms with Crippen LogP contribution in [-0.4, -0.2) is 14.3 Å². The van der Waals surface area contributed by atoms with E-state index in [0.29, 0.717) is 10.6 Å². The second-order valence-electron chi connectivity index (χ2n) is 5.94. The average molecular weight is 338 g/mol. The molecule has 0 saturated heterocycles. The van der Waals surface area contributed by atoms with E-state index in [9.17, 15) is 13.2 Å². The molecule has 0 aliphatic heterocycles. The molecule has 1 heterocycles. The molecule has 2 aromatic rings. The first-order valence-corrected chi connectivity index (χ1v) is 8.97. The van der Waals surface area contributed by atoms with Gasteiger partial charge in [-0.1, -0.05) is 32.9 Å². The molecule has 1 aromatic carbocycles. The minimum absolute atomic E-state index is 0.0422. The summed E-state index contributed by atoms with van der Waals surface area (Å²) in [6.07, 6.45) is 0. The van der Waals surface area contributed by atoms with Crippen LogP contribution >= 0.6 is 11.3 Å². The zero-order chi connectivity index (χ0) is 16.5. The number of rotatable bonds is 4. The fourth-order valence-corrected chi connectivity index (χ4v) is 3.67. The fraction of sp³-hybridized carbons (Fsp3) is 0.267. The molecule has 0 radical (unpaired) electrons. The highest BCUT2D eigenvalue weighted by Crippen LogP contribution is 2.25. The predicted molar refractivity (Wildman–Crippen MR) is 88.8 cm³/mol. The first-order chi connectivity index (χ1) is 10.1. The number of sulfonamides is 1. The van der Waals surface area contributed by atoms with Crippen molar-refractivity contribution >= 4 is 33.0 Å². The third-order valence-electron chi connectivity index (χ3n) is 3.13. The monoisotopic (exact) mass is 338 g/mol. The molecule has 1 amide bonds. The van der Waals surface area contributed by atoms with Gasteiger partial charge in [0.05, 0.1) is 15.5 Å². The second-order valence-corrected chi connectivity index (χ2v) is 8.54. The van der Waals surface area contributed by atoms with Gasteiger partial charge in [-0.15, -0.1) is 11.3 Å². The topological polar surface area (TPSA) is 89.3 Å². The molecule has 118 valence electrons. The van der Waals surface area contributed by atoms with Gasteiger partial charge < -0.3 is 5.73 Å². The molecule has 1 aromatic heterocycles. The van der Waals surface area contributed by atoms with Crippen LogP contribution in [0.2, 0.25) is 0 Å². The number of benzene rings is 1. The van der Waals surface area contributed by atoms with Crippen molar-refractivity contribution < 1.29 is 13.2 Å². The van der Waals surface area contributed by atoms with Gasteiger partial charge in [0.15, 0.2) is 0 Å². The van der Waals surface area contributed by atoms with Crippen LogP contribution in [0.1, 0.15) is 36.0 Å². The van der Waals surface area contributed by atoms with Gasteiger partial charge in [-0.25, -0.2) is 8.42 Å². The van der Waals surface area contributed by atoms with Crippen molar-refractivity contribution in [3.63, 3.8) is 0 Å². The van der Waals surface area contributed by atoms with Crippen molar-refractivity contribution in [2.75, 3.05) is 4.72 Å². The van der Waals surface area contributed by atoms with Crippen LogP contribution in [0.15, 0.2) is 40.6 Å². The molecule has 0 aliphatic rings. The van der Waals surface area contributed by atoms with Crippen LogP contribution in [0, 0.1) is 0 Å². The number of nitrogens with two attached hydrogens (primary N) is 1. The summed E-state index contributed by atoms with van der Waals surface area (Å²) in [4.78, 5) is 11.5. The summed E-state index contributed by atoms with van der Waals surface area (Å²) >= 11 is 1.10. The van der Waals surface area contributed by atoms with Crippen molar-refractivity contribution in [2.45, 2.75) is 31.1 Å². The SMILES string of the molecule is CC(C)(C)c1ccc(S(=O)(=O)Nc2csc(C(N)=O)c2)cc1. The van der Waals surface area contributed by atoms with Gasteiger partial charge in [0.1, 0.15) is 0 Å². The molecule has 0 bridgehead atoms. The number of amides is 1. The maximum absolute atomic E-state index is 12.3. The lowest BCUT2D eigenvalue weighted by Crippen LogP contribution is -2.14. The summed E-state index contributed by atoms with van der Waals surface area (Å²) in [5.74, 6) is -0.579. The van der Waals surface area contributed by atoms with E-state index in [0.717, 1.165) is 16.9 Å². The van der Waals surface area contributed by atoms with Gasteiger partial charge in [-0.05, 0) is 29.2 Å². The summed E-state index contributed by atoms with van der Waals surface area (Å²) in [6, 6.07) is 8.18. The summed E-state index contributed by atoms with van der Waals surface area (Å²) in [6.45, 7) is 6.18. The zero-order valence-corrected chi connectivity index (χ0v) is 14.2. The molecule has 0 atom stereocenters. The van der Waals surface area contributed by atoms with E-state index in [-0.39, 0.29) is 10.3 Å². The van der Waals surface area contributed by atoms with Crippen LogP contribution in [0.4, 0.5) is 5.69 Å². The first kappa shape index (κ1) is 16.5. The molecular formula is C15H18N2O3S2.